The van der Waals surface area contributed by atoms with Gasteiger partial charge in [0.15, 0.2) is 6.61 Å². The molecule has 3 rings (SSSR count). The monoisotopic (exact) mass is 497 g/mol. The number of nitrogens with zero attached hydrogens (tertiary/aromatic N) is 1. The first-order valence-electron chi connectivity index (χ1n) is 10.4. The van der Waals surface area contributed by atoms with Crippen molar-refractivity contribution in [2.24, 2.45) is 0 Å². The second-order valence-corrected chi connectivity index (χ2v) is 8.89. The molecule has 2 N–H and O–H groups in total. The van der Waals surface area contributed by atoms with Gasteiger partial charge in [0.25, 0.3) is 21.8 Å². The Morgan fingerprint density at radius 3 is 2.29 bits per heavy atom. The van der Waals surface area contributed by atoms with Gasteiger partial charge in [-0.3, -0.25) is 9.59 Å². The Labute approximate surface area is 202 Å². The van der Waals surface area contributed by atoms with Gasteiger partial charge in [0.1, 0.15) is 11.4 Å². The van der Waals surface area contributed by atoms with E-state index in [1.165, 1.54) is 31.4 Å². The van der Waals surface area contributed by atoms with E-state index in [9.17, 15) is 22.8 Å². The normalized spacial score (nSPS) is 10.8. The Morgan fingerprint density at radius 2 is 1.66 bits per heavy atom. The van der Waals surface area contributed by atoms with E-state index in [-0.39, 0.29) is 28.7 Å². The van der Waals surface area contributed by atoms with E-state index in [0.29, 0.717) is 18.7 Å². The van der Waals surface area contributed by atoms with E-state index < -0.39 is 21.9 Å². The third-order valence-corrected chi connectivity index (χ3v) is 6.08. The highest BCUT2D eigenvalue weighted by Gasteiger charge is 2.19. The lowest BCUT2D eigenvalue weighted by Crippen LogP contribution is -2.31. The molecule has 11 heteroatoms. The maximum Gasteiger partial charge on any atom is 0.356 e. The van der Waals surface area contributed by atoms with Crippen LogP contribution in [0.3, 0.4) is 0 Å². The number of sulfonamides is 1. The molecule has 0 aliphatic carbocycles. The molecule has 0 fully saturated rings. The summed E-state index contributed by atoms with van der Waals surface area (Å²) in [6.45, 7) is 0.232. The molecule has 0 saturated heterocycles. The Hall–Kier alpha value is -4.25. The van der Waals surface area contributed by atoms with Crippen molar-refractivity contribution in [3.8, 4) is 5.75 Å². The van der Waals surface area contributed by atoms with Gasteiger partial charge in [0, 0.05) is 12.7 Å². The van der Waals surface area contributed by atoms with Crippen LogP contribution in [-0.4, -0.2) is 51.4 Å². The van der Waals surface area contributed by atoms with Gasteiger partial charge in [-0.25, -0.2) is 22.9 Å². The van der Waals surface area contributed by atoms with Crippen LogP contribution in [-0.2, 0) is 26.0 Å². The molecule has 1 heterocycles. The number of hydrogen-bond acceptors (Lipinski definition) is 8. The SMILES string of the molecule is COC(=O)c1ccc(C(=O)NS(=O)(=O)c2ccc(CCNC(=O)COc3ccccc3)cc2)cn1. The van der Waals surface area contributed by atoms with Crippen LogP contribution in [0.4, 0.5) is 0 Å². The van der Waals surface area contributed by atoms with Gasteiger partial charge in [-0.15, -0.1) is 0 Å². The molecular weight excluding hydrogens is 474 g/mol. The quantitative estimate of drug-likeness (QED) is 0.404. The van der Waals surface area contributed by atoms with Crippen molar-refractivity contribution >= 4 is 27.8 Å². The summed E-state index contributed by atoms with van der Waals surface area (Å²) >= 11 is 0. The summed E-state index contributed by atoms with van der Waals surface area (Å²) in [5.74, 6) is -1.24. The Morgan fingerprint density at radius 1 is 0.943 bits per heavy atom. The number of hydrogen-bond donors (Lipinski definition) is 2. The molecule has 2 amide bonds. The maximum absolute atomic E-state index is 12.5. The third-order valence-electron chi connectivity index (χ3n) is 4.73. The van der Waals surface area contributed by atoms with E-state index >= 15 is 0 Å². The van der Waals surface area contributed by atoms with Crippen molar-refractivity contribution < 1.29 is 32.3 Å². The molecule has 0 spiro atoms. The van der Waals surface area contributed by atoms with E-state index in [1.54, 1.807) is 24.3 Å². The standard InChI is InChI=1S/C24H23N3O7S/c1-33-24(30)21-12-9-18(15-26-21)23(29)27-35(31,32)20-10-7-17(8-11-20)13-14-25-22(28)16-34-19-5-3-2-4-6-19/h2-12,15H,13-14,16H2,1H3,(H,25,28)(H,27,29). The lowest BCUT2D eigenvalue weighted by Gasteiger charge is -2.09. The van der Waals surface area contributed by atoms with Crippen LogP contribution in [0.5, 0.6) is 5.75 Å². The first-order chi connectivity index (χ1) is 16.8. The molecule has 1 aromatic heterocycles. The molecule has 2 aromatic carbocycles. The van der Waals surface area contributed by atoms with E-state index in [1.807, 2.05) is 22.9 Å². The van der Waals surface area contributed by atoms with Gasteiger partial charge in [0.2, 0.25) is 0 Å². The van der Waals surface area contributed by atoms with Crippen LogP contribution in [0, 0.1) is 0 Å². The average Bonchev–Trinajstić information content (AvgIpc) is 2.87. The highest BCUT2D eigenvalue weighted by molar-refractivity contribution is 7.90. The first kappa shape index (κ1) is 25.4. The van der Waals surface area contributed by atoms with Crippen molar-refractivity contribution in [1.29, 1.82) is 0 Å². The Bertz CT molecular complexity index is 1280. The van der Waals surface area contributed by atoms with Gasteiger partial charge in [-0.05, 0) is 48.4 Å². The lowest BCUT2D eigenvalue weighted by molar-refractivity contribution is -0.123. The summed E-state index contributed by atoms with van der Waals surface area (Å²) in [6, 6.07) is 17.4. The molecule has 182 valence electrons. The number of pyridine rings is 1. The van der Waals surface area contributed by atoms with Gasteiger partial charge in [-0.1, -0.05) is 30.3 Å². The lowest BCUT2D eigenvalue weighted by atomic mass is 10.1. The zero-order valence-electron chi connectivity index (χ0n) is 18.8. The number of carbonyl (C=O) groups excluding carboxylic acids is 3. The maximum atomic E-state index is 12.5. The Kier molecular flexibility index (Phi) is 8.52. The molecule has 3 aromatic rings. The molecule has 0 atom stereocenters. The molecule has 0 radical (unpaired) electrons. The van der Waals surface area contributed by atoms with Gasteiger partial charge < -0.3 is 14.8 Å². The van der Waals surface area contributed by atoms with Gasteiger partial charge in [0.05, 0.1) is 17.6 Å². The first-order valence-corrected chi connectivity index (χ1v) is 11.9. The van der Waals surface area contributed by atoms with Crippen LogP contribution in [0.15, 0.2) is 77.8 Å². The minimum atomic E-state index is -4.13. The van der Waals surface area contributed by atoms with Crippen LogP contribution in [0.1, 0.15) is 26.4 Å². The number of nitrogens with one attached hydrogen (secondary N) is 2. The predicted molar refractivity (Wildman–Crippen MR) is 125 cm³/mol. The molecule has 0 aliphatic rings. The Balaban J connectivity index is 1.49. The zero-order valence-corrected chi connectivity index (χ0v) is 19.6. The summed E-state index contributed by atoms with van der Waals surface area (Å²) in [6.07, 6.45) is 1.56. The topological polar surface area (TPSA) is 141 Å². The van der Waals surface area contributed by atoms with Crippen LogP contribution < -0.4 is 14.8 Å². The van der Waals surface area contributed by atoms with Crippen molar-refractivity contribution in [3.05, 3.63) is 89.7 Å². The third kappa shape index (κ3) is 7.37. The number of esters is 1. The van der Waals surface area contributed by atoms with Crippen LogP contribution in [0.25, 0.3) is 0 Å². The fraction of sp³-hybridized carbons (Fsp3) is 0.167. The summed E-state index contributed by atoms with van der Waals surface area (Å²) in [5.41, 5.74) is 0.745. The van der Waals surface area contributed by atoms with Crippen LogP contribution >= 0.6 is 0 Å². The van der Waals surface area contributed by atoms with Crippen molar-refractivity contribution in [3.63, 3.8) is 0 Å². The summed E-state index contributed by atoms with van der Waals surface area (Å²) in [7, 11) is -2.93. The fourth-order valence-corrected chi connectivity index (χ4v) is 3.87. The van der Waals surface area contributed by atoms with E-state index in [0.717, 1.165) is 11.8 Å². The average molecular weight is 498 g/mol. The van der Waals surface area contributed by atoms with E-state index in [4.69, 9.17) is 4.74 Å². The molecule has 0 unspecified atom stereocenters. The molecular formula is C24H23N3O7S. The summed E-state index contributed by atoms with van der Waals surface area (Å²) in [5, 5.41) is 2.73. The van der Waals surface area contributed by atoms with Crippen molar-refractivity contribution in [1.82, 2.24) is 15.0 Å². The molecule has 10 nitrogen and oxygen atoms in total. The van der Waals surface area contributed by atoms with Crippen molar-refractivity contribution in [2.45, 2.75) is 11.3 Å². The smallest absolute Gasteiger partial charge is 0.356 e. The highest BCUT2D eigenvalue weighted by atomic mass is 32.2. The van der Waals surface area contributed by atoms with E-state index in [2.05, 4.69) is 15.0 Å². The number of aromatic nitrogens is 1. The molecule has 0 saturated carbocycles. The number of methoxy groups -OCH3 is 1. The second kappa shape index (κ2) is 11.7. The molecule has 0 bridgehead atoms. The molecule has 0 aliphatic heterocycles. The molecule has 35 heavy (non-hydrogen) atoms. The summed E-state index contributed by atoms with van der Waals surface area (Å²) < 4.78 is 36.9. The van der Waals surface area contributed by atoms with Gasteiger partial charge in [-0.2, -0.15) is 0 Å². The number of amides is 2. The largest absolute Gasteiger partial charge is 0.484 e. The minimum Gasteiger partial charge on any atom is -0.484 e. The second-order valence-electron chi connectivity index (χ2n) is 7.20. The number of para-hydroxylation sites is 1. The minimum absolute atomic E-state index is 0.0117. The highest BCUT2D eigenvalue weighted by Crippen LogP contribution is 2.12. The fourth-order valence-electron chi connectivity index (χ4n) is 2.89. The number of carbonyl (C=O) groups is 3. The zero-order chi connectivity index (χ0) is 25.3. The number of benzene rings is 2. The van der Waals surface area contributed by atoms with Crippen LogP contribution in [0.2, 0.25) is 0 Å². The number of rotatable bonds is 10. The number of ether oxygens (including phenoxy) is 2. The van der Waals surface area contributed by atoms with Crippen molar-refractivity contribution in [2.75, 3.05) is 20.3 Å². The van der Waals surface area contributed by atoms with Gasteiger partial charge >= 0.3 is 5.97 Å². The predicted octanol–water partition coefficient (Wildman–Crippen LogP) is 1.72. The summed E-state index contributed by atoms with van der Waals surface area (Å²) in [4.78, 5) is 39.3.